The van der Waals surface area contributed by atoms with E-state index in [1.54, 1.807) is 19.2 Å². The van der Waals surface area contributed by atoms with Crippen molar-refractivity contribution in [2.24, 2.45) is 0 Å². The van der Waals surface area contributed by atoms with Crippen LogP contribution in [0.2, 0.25) is 0 Å². The van der Waals surface area contributed by atoms with E-state index in [2.05, 4.69) is 43.3 Å². The fraction of sp³-hybridized carbons (Fsp3) is 0.143. The van der Waals surface area contributed by atoms with Crippen LogP contribution in [0.4, 0.5) is 0 Å². The Balaban J connectivity index is 0.00000208. The third kappa shape index (κ3) is 3.92. The van der Waals surface area contributed by atoms with Gasteiger partial charge in [0, 0.05) is 0 Å². The molecule has 0 aromatic heterocycles. The number of benzene rings is 3. The van der Waals surface area contributed by atoms with E-state index >= 15 is 0 Å². The molecule has 0 saturated heterocycles. The van der Waals surface area contributed by atoms with E-state index < -0.39 is 0 Å². The Bertz CT molecular complexity index is 717. The SMILES string of the molecule is C.COc1ccc([S+](c2ccc(C)cc2)c2ccc(O)cc2)cc1. The van der Waals surface area contributed by atoms with E-state index in [0.29, 0.717) is 0 Å². The highest BCUT2D eigenvalue weighted by Gasteiger charge is 2.28. The van der Waals surface area contributed by atoms with Gasteiger partial charge < -0.3 is 9.84 Å². The van der Waals surface area contributed by atoms with Crippen LogP contribution in [0.25, 0.3) is 0 Å². The molecule has 0 heterocycles. The van der Waals surface area contributed by atoms with Crippen molar-refractivity contribution in [3.05, 3.63) is 78.4 Å². The smallest absolute Gasteiger partial charge is 0.166 e. The van der Waals surface area contributed by atoms with Gasteiger partial charge in [0.25, 0.3) is 0 Å². The number of phenolic OH excluding ortho intramolecular Hbond substituents is 1. The average molecular weight is 339 g/mol. The Morgan fingerprint density at radius 3 is 1.58 bits per heavy atom. The summed E-state index contributed by atoms with van der Waals surface area (Å²) in [6.07, 6.45) is 0. The fourth-order valence-electron chi connectivity index (χ4n) is 2.38. The molecule has 0 spiro atoms. The highest BCUT2D eigenvalue weighted by Crippen LogP contribution is 2.33. The minimum Gasteiger partial charge on any atom is -0.508 e. The first-order chi connectivity index (χ1) is 11.2. The number of phenols is 1. The summed E-state index contributed by atoms with van der Waals surface area (Å²) in [5, 5.41) is 9.57. The van der Waals surface area contributed by atoms with E-state index in [1.807, 2.05) is 24.3 Å². The Morgan fingerprint density at radius 2 is 1.12 bits per heavy atom. The summed E-state index contributed by atoms with van der Waals surface area (Å²) in [6, 6.07) is 24.3. The van der Waals surface area contributed by atoms with Gasteiger partial charge in [0.1, 0.15) is 11.5 Å². The number of aryl methyl sites for hydroxylation is 1. The number of methoxy groups -OCH3 is 1. The van der Waals surface area contributed by atoms with E-state index in [9.17, 15) is 5.11 Å². The van der Waals surface area contributed by atoms with Gasteiger partial charge in [0.15, 0.2) is 14.7 Å². The Hall–Kier alpha value is -2.39. The van der Waals surface area contributed by atoms with Crippen molar-refractivity contribution in [3.63, 3.8) is 0 Å². The zero-order chi connectivity index (χ0) is 16.2. The van der Waals surface area contributed by atoms with Crippen LogP contribution in [-0.4, -0.2) is 12.2 Å². The predicted octanol–water partition coefficient (Wildman–Crippen LogP) is 5.44. The van der Waals surface area contributed by atoms with Crippen molar-refractivity contribution < 1.29 is 9.84 Å². The van der Waals surface area contributed by atoms with Gasteiger partial charge in [-0.2, -0.15) is 0 Å². The molecule has 0 aliphatic heterocycles. The van der Waals surface area contributed by atoms with Gasteiger partial charge in [-0.3, -0.25) is 0 Å². The summed E-state index contributed by atoms with van der Waals surface area (Å²) < 4.78 is 5.26. The highest BCUT2D eigenvalue weighted by molar-refractivity contribution is 7.97. The molecule has 3 aromatic rings. The maximum atomic E-state index is 9.57. The molecule has 24 heavy (non-hydrogen) atoms. The number of hydrogen-bond acceptors (Lipinski definition) is 2. The normalized spacial score (nSPS) is 11.4. The summed E-state index contributed by atoms with van der Waals surface area (Å²) in [6.45, 7) is 2.09. The molecule has 0 aliphatic rings. The molecule has 0 bridgehead atoms. The van der Waals surface area contributed by atoms with E-state index in [4.69, 9.17) is 4.74 Å². The van der Waals surface area contributed by atoms with Crippen LogP contribution in [0.5, 0.6) is 11.5 Å². The average Bonchev–Trinajstić information content (AvgIpc) is 2.59. The first-order valence-corrected chi connectivity index (χ1v) is 8.64. The Kier molecular flexibility index (Phi) is 5.93. The van der Waals surface area contributed by atoms with Gasteiger partial charge in [-0.05, 0) is 67.6 Å². The van der Waals surface area contributed by atoms with Crippen molar-refractivity contribution in [1.82, 2.24) is 0 Å². The van der Waals surface area contributed by atoms with E-state index in [-0.39, 0.29) is 24.1 Å². The molecular weight excluding hydrogens is 316 g/mol. The summed E-state index contributed by atoms with van der Waals surface area (Å²) >= 11 is 0. The van der Waals surface area contributed by atoms with Crippen molar-refractivity contribution >= 4 is 10.9 Å². The molecule has 2 nitrogen and oxygen atoms in total. The van der Waals surface area contributed by atoms with Crippen LogP contribution in [-0.2, 0) is 10.9 Å². The minimum atomic E-state index is -0.208. The number of hydrogen-bond donors (Lipinski definition) is 1. The van der Waals surface area contributed by atoms with Crippen LogP contribution in [0, 0.1) is 6.92 Å². The lowest BCUT2D eigenvalue weighted by Crippen LogP contribution is -2.04. The lowest BCUT2D eigenvalue weighted by Gasteiger charge is -2.09. The van der Waals surface area contributed by atoms with Gasteiger partial charge in [-0.25, -0.2) is 0 Å². The molecule has 0 fully saturated rings. The van der Waals surface area contributed by atoms with Gasteiger partial charge in [0.2, 0.25) is 0 Å². The van der Waals surface area contributed by atoms with Crippen molar-refractivity contribution in [3.8, 4) is 11.5 Å². The van der Waals surface area contributed by atoms with Crippen molar-refractivity contribution in [2.75, 3.05) is 7.11 Å². The molecule has 3 aromatic carbocycles. The third-order valence-corrected chi connectivity index (χ3v) is 5.85. The van der Waals surface area contributed by atoms with Crippen LogP contribution in [0.1, 0.15) is 13.0 Å². The van der Waals surface area contributed by atoms with Gasteiger partial charge in [-0.1, -0.05) is 25.1 Å². The van der Waals surface area contributed by atoms with Gasteiger partial charge in [0.05, 0.1) is 18.0 Å². The lowest BCUT2D eigenvalue weighted by atomic mass is 10.2. The summed E-state index contributed by atoms with van der Waals surface area (Å²) in [5.74, 6) is 1.14. The predicted molar refractivity (Wildman–Crippen MR) is 101 cm³/mol. The van der Waals surface area contributed by atoms with Crippen LogP contribution >= 0.6 is 0 Å². The van der Waals surface area contributed by atoms with Gasteiger partial charge in [-0.15, -0.1) is 0 Å². The largest absolute Gasteiger partial charge is 0.508 e. The maximum absolute atomic E-state index is 9.57. The molecule has 3 rings (SSSR count). The monoisotopic (exact) mass is 339 g/mol. The molecular formula is C21H23O2S+. The van der Waals surface area contributed by atoms with Gasteiger partial charge >= 0.3 is 0 Å². The first kappa shape index (κ1) is 18.0. The Morgan fingerprint density at radius 1 is 0.708 bits per heavy atom. The van der Waals surface area contributed by atoms with Crippen molar-refractivity contribution in [1.29, 1.82) is 0 Å². The molecule has 1 atom stereocenters. The van der Waals surface area contributed by atoms with E-state index in [0.717, 1.165) is 5.75 Å². The second-order valence-electron chi connectivity index (χ2n) is 5.29. The molecule has 0 radical (unpaired) electrons. The number of ether oxygens (including phenoxy) is 1. The summed E-state index contributed by atoms with van der Waals surface area (Å²) in [4.78, 5) is 3.66. The van der Waals surface area contributed by atoms with Crippen LogP contribution in [0.15, 0.2) is 87.5 Å². The molecule has 124 valence electrons. The Labute approximate surface area is 147 Å². The highest BCUT2D eigenvalue weighted by atomic mass is 32.2. The van der Waals surface area contributed by atoms with Crippen LogP contribution in [0.3, 0.4) is 0 Å². The molecule has 1 N–H and O–H groups in total. The molecule has 0 saturated carbocycles. The molecule has 0 aliphatic carbocycles. The number of aromatic hydroxyl groups is 1. The molecule has 3 heteroatoms. The molecule has 1 unspecified atom stereocenters. The summed E-state index contributed by atoms with van der Waals surface area (Å²) in [5.41, 5.74) is 1.25. The maximum Gasteiger partial charge on any atom is 0.166 e. The molecule has 0 amide bonds. The summed E-state index contributed by atoms with van der Waals surface area (Å²) in [7, 11) is 1.47. The third-order valence-electron chi connectivity index (χ3n) is 3.62. The lowest BCUT2D eigenvalue weighted by molar-refractivity contribution is 0.414. The zero-order valence-electron chi connectivity index (χ0n) is 13.2. The minimum absolute atomic E-state index is 0. The second-order valence-corrected chi connectivity index (χ2v) is 7.32. The first-order valence-electron chi connectivity index (χ1n) is 7.41. The zero-order valence-corrected chi connectivity index (χ0v) is 14.0. The number of rotatable bonds is 4. The van der Waals surface area contributed by atoms with Crippen molar-refractivity contribution in [2.45, 2.75) is 29.0 Å². The quantitative estimate of drug-likeness (QED) is 0.641. The fourth-order valence-corrected chi connectivity index (χ4v) is 4.42. The topological polar surface area (TPSA) is 29.5 Å². The second kappa shape index (κ2) is 7.93. The standard InChI is InChI=1S/C20H18O2S.CH4/c1-15-3-9-18(10-4-15)23(19-11-5-16(21)6-12-19)20-13-7-17(22-2)8-14-20;/h3-14H,1-2H3;1H4/p+1. The van der Waals surface area contributed by atoms with Crippen LogP contribution < -0.4 is 4.74 Å². The van der Waals surface area contributed by atoms with E-state index in [1.165, 1.54) is 20.2 Å².